The van der Waals surface area contributed by atoms with E-state index in [0.717, 1.165) is 0 Å². The van der Waals surface area contributed by atoms with Crippen molar-refractivity contribution in [2.45, 2.75) is 38.5 Å². The number of halogens is 1. The molecule has 0 bridgehead atoms. The van der Waals surface area contributed by atoms with Crippen LogP contribution in [0.1, 0.15) is 27.2 Å². The summed E-state index contributed by atoms with van der Waals surface area (Å²) in [5.41, 5.74) is -3.31. The van der Waals surface area contributed by atoms with Crippen molar-refractivity contribution in [3.63, 3.8) is 0 Å². The van der Waals surface area contributed by atoms with Crippen LogP contribution in [0.25, 0.3) is 0 Å². The molecule has 2 rings (SSSR count). The van der Waals surface area contributed by atoms with Crippen molar-refractivity contribution >= 4 is 5.97 Å². The van der Waals surface area contributed by atoms with Crippen LogP contribution in [0.5, 0.6) is 0 Å². The Balaban J connectivity index is 2.24. The second-order valence-corrected chi connectivity index (χ2v) is 5.96. The van der Waals surface area contributed by atoms with Gasteiger partial charge in [-0.2, -0.15) is 0 Å². The van der Waals surface area contributed by atoms with Gasteiger partial charge < -0.3 is 14.8 Å². The zero-order valence-corrected chi connectivity index (χ0v) is 10.6. The quantitative estimate of drug-likeness (QED) is 0.701. The van der Waals surface area contributed by atoms with Crippen molar-refractivity contribution in [1.29, 1.82) is 0 Å². The van der Waals surface area contributed by atoms with Crippen molar-refractivity contribution in [1.82, 2.24) is 5.32 Å². The van der Waals surface area contributed by atoms with Crippen LogP contribution in [0.2, 0.25) is 0 Å². The first-order valence-corrected chi connectivity index (χ1v) is 6.00. The highest BCUT2D eigenvalue weighted by atomic mass is 19.1. The molecular weight excluding hydrogens is 225 g/mol. The molecule has 98 valence electrons. The third kappa shape index (κ3) is 2.06. The molecular formula is C12H20FNO3. The molecule has 2 atom stereocenters. The number of ether oxygens (including phenoxy) is 2. The number of rotatable bonds is 1. The van der Waals surface area contributed by atoms with Crippen molar-refractivity contribution in [2.24, 2.45) is 5.41 Å². The van der Waals surface area contributed by atoms with Crippen molar-refractivity contribution in [3.8, 4) is 0 Å². The van der Waals surface area contributed by atoms with Crippen LogP contribution in [0, 0.1) is 5.41 Å². The molecule has 0 aromatic heterocycles. The first-order valence-electron chi connectivity index (χ1n) is 6.00. The van der Waals surface area contributed by atoms with Gasteiger partial charge in [0.1, 0.15) is 16.7 Å². The van der Waals surface area contributed by atoms with Crippen LogP contribution in [0.4, 0.5) is 4.39 Å². The van der Waals surface area contributed by atoms with Crippen molar-refractivity contribution < 1.29 is 18.7 Å². The van der Waals surface area contributed by atoms with Crippen molar-refractivity contribution in [3.05, 3.63) is 0 Å². The van der Waals surface area contributed by atoms with Crippen LogP contribution >= 0.6 is 0 Å². The molecule has 5 heteroatoms. The number of fused-ring (bicyclic) bond motifs is 1. The van der Waals surface area contributed by atoms with E-state index in [1.54, 1.807) is 20.8 Å². The number of esters is 1. The van der Waals surface area contributed by atoms with E-state index in [1.807, 2.05) is 0 Å². The van der Waals surface area contributed by atoms with E-state index in [2.05, 4.69) is 5.32 Å². The fourth-order valence-corrected chi connectivity index (χ4v) is 2.48. The van der Waals surface area contributed by atoms with Gasteiger partial charge in [0.15, 0.2) is 0 Å². The van der Waals surface area contributed by atoms with Crippen LogP contribution < -0.4 is 5.32 Å². The highest BCUT2D eigenvalue weighted by Gasteiger charge is 2.63. The van der Waals surface area contributed by atoms with Crippen LogP contribution in [-0.4, -0.2) is 43.5 Å². The Kier molecular flexibility index (Phi) is 2.94. The lowest BCUT2D eigenvalue weighted by Crippen LogP contribution is -2.57. The number of alkyl halides is 1. The van der Waals surface area contributed by atoms with Gasteiger partial charge in [0.05, 0.1) is 6.61 Å². The Labute approximate surface area is 101 Å². The summed E-state index contributed by atoms with van der Waals surface area (Å²) >= 11 is 0. The summed E-state index contributed by atoms with van der Waals surface area (Å²) in [6.45, 7) is 6.32. The zero-order valence-electron chi connectivity index (χ0n) is 10.6. The van der Waals surface area contributed by atoms with Gasteiger partial charge in [-0.05, 0) is 20.8 Å². The molecule has 17 heavy (non-hydrogen) atoms. The topological polar surface area (TPSA) is 47.6 Å². The smallest absolute Gasteiger partial charge is 0.319 e. The summed E-state index contributed by atoms with van der Waals surface area (Å²) in [7, 11) is 0. The molecule has 0 saturated carbocycles. The number of nitrogens with one attached hydrogen (secondary N) is 1. The van der Waals surface area contributed by atoms with Gasteiger partial charge in [0, 0.05) is 26.1 Å². The molecule has 4 nitrogen and oxygen atoms in total. The molecule has 2 aliphatic heterocycles. The second kappa shape index (κ2) is 3.92. The maximum Gasteiger partial charge on any atom is 0.319 e. The number of carbonyl (C=O) groups excluding carboxylic acids is 1. The summed E-state index contributed by atoms with van der Waals surface area (Å²) in [4.78, 5) is 12.2. The summed E-state index contributed by atoms with van der Waals surface area (Å²) < 4.78 is 25.5. The summed E-state index contributed by atoms with van der Waals surface area (Å²) in [5, 5.41) is 2.96. The summed E-state index contributed by atoms with van der Waals surface area (Å²) in [6.07, 6.45) is 0.249. The maximum atomic E-state index is 14.8. The van der Waals surface area contributed by atoms with E-state index >= 15 is 0 Å². The minimum atomic E-state index is -1.53. The zero-order chi connectivity index (χ0) is 12.7. The van der Waals surface area contributed by atoms with E-state index in [0.29, 0.717) is 13.2 Å². The predicted molar refractivity (Wildman–Crippen MR) is 60.4 cm³/mol. The average Bonchev–Trinajstić information content (AvgIpc) is 2.53. The third-order valence-electron chi connectivity index (χ3n) is 3.47. The Bertz CT molecular complexity index is 328. The van der Waals surface area contributed by atoms with Gasteiger partial charge >= 0.3 is 5.97 Å². The molecule has 1 N–H and O–H groups in total. The fourth-order valence-electron chi connectivity index (χ4n) is 2.48. The fraction of sp³-hybridized carbons (Fsp3) is 0.917. The monoisotopic (exact) mass is 245 g/mol. The Morgan fingerprint density at radius 3 is 2.76 bits per heavy atom. The van der Waals surface area contributed by atoms with Gasteiger partial charge in [0.25, 0.3) is 0 Å². The largest absolute Gasteiger partial charge is 0.459 e. The van der Waals surface area contributed by atoms with Crippen LogP contribution in [-0.2, 0) is 14.3 Å². The van der Waals surface area contributed by atoms with Gasteiger partial charge in [0.2, 0.25) is 0 Å². The van der Waals surface area contributed by atoms with Gasteiger partial charge in [-0.3, -0.25) is 4.79 Å². The number of hydrogen-bond acceptors (Lipinski definition) is 4. The molecule has 0 spiro atoms. The second-order valence-electron chi connectivity index (χ2n) is 5.96. The van der Waals surface area contributed by atoms with E-state index in [1.165, 1.54) is 0 Å². The lowest BCUT2D eigenvalue weighted by Gasteiger charge is -2.41. The first kappa shape index (κ1) is 12.8. The Hall–Kier alpha value is -0.680. The molecule has 0 aromatic carbocycles. The van der Waals surface area contributed by atoms with Gasteiger partial charge in [-0.25, -0.2) is 4.39 Å². The molecule has 0 aromatic rings. The van der Waals surface area contributed by atoms with E-state index in [9.17, 15) is 9.18 Å². The number of hydrogen-bond donors (Lipinski definition) is 1. The maximum absolute atomic E-state index is 14.8. The first-order chi connectivity index (χ1) is 7.79. The standard InChI is InChI=1S/C12H20FNO3/c1-10(2,3)17-9(15)11-6-14-7-12(11,13)4-5-16-8-11/h14H,4-8H2,1-3H3/t11-,12+/m1/s1. The van der Waals surface area contributed by atoms with Crippen molar-refractivity contribution in [2.75, 3.05) is 26.3 Å². The van der Waals surface area contributed by atoms with Gasteiger partial charge in [-0.1, -0.05) is 0 Å². The predicted octanol–water partition coefficient (Wildman–Crippen LogP) is 1.05. The van der Waals surface area contributed by atoms with Gasteiger partial charge in [-0.15, -0.1) is 0 Å². The molecule has 2 aliphatic rings. The molecule has 0 radical (unpaired) electrons. The normalized spacial score (nSPS) is 37.6. The third-order valence-corrected chi connectivity index (χ3v) is 3.47. The van der Waals surface area contributed by atoms with Crippen LogP contribution in [0.3, 0.4) is 0 Å². The summed E-state index contributed by atoms with van der Waals surface area (Å²) in [6, 6.07) is 0. The summed E-state index contributed by atoms with van der Waals surface area (Å²) in [5.74, 6) is -0.489. The molecule has 0 unspecified atom stereocenters. The molecule has 2 fully saturated rings. The molecule has 2 saturated heterocycles. The SMILES string of the molecule is CC(C)(C)OC(=O)[C@]12CNC[C@@]1(F)CCOC2. The van der Waals surface area contributed by atoms with E-state index in [-0.39, 0.29) is 19.6 Å². The Morgan fingerprint density at radius 1 is 1.41 bits per heavy atom. The minimum Gasteiger partial charge on any atom is -0.459 e. The number of carbonyl (C=O) groups is 1. The van der Waals surface area contributed by atoms with E-state index in [4.69, 9.17) is 9.47 Å². The minimum absolute atomic E-state index is 0.103. The highest BCUT2D eigenvalue weighted by molar-refractivity contribution is 5.80. The average molecular weight is 245 g/mol. The lowest BCUT2D eigenvalue weighted by molar-refractivity contribution is -0.189. The van der Waals surface area contributed by atoms with E-state index < -0.39 is 22.7 Å². The molecule has 2 heterocycles. The van der Waals surface area contributed by atoms with Crippen LogP contribution in [0.15, 0.2) is 0 Å². The lowest BCUT2D eigenvalue weighted by atomic mass is 9.73. The Morgan fingerprint density at radius 2 is 2.12 bits per heavy atom. The molecule has 0 aliphatic carbocycles. The molecule has 0 amide bonds. The highest BCUT2D eigenvalue weighted by Crippen LogP contribution is 2.45.